The third-order valence-electron chi connectivity index (χ3n) is 6.53. The van der Waals surface area contributed by atoms with Crippen LogP contribution in [0.4, 0.5) is 11.4 Å². The first-order valence-electron chi connectivity index (χ1n) is 12.6. The smallest absolute Gasteiger partial charge is 0.277 e. The van der Waals surface area contributed by atoms with Gasteiger partial charge in [-0.1, -0.05) is 42.1 Å². The molecule has 1 N–H and O–H groups in total. The molecule has 0 bridgehead atoms. The van der Waals surface area contributed by atoms with Crippen molar-refractivity contribution in [2.45, 2.75) is 12.1 Å². The van der Waals surface area contributed by atoms with Gasteiger partial charge in [-0.15, -0.1) is 10.2 Å². The van der Waals surface area contributed by atoms with Crippen LogP contribution in [-0.4, -0.2) is 66.0 Å². The Hall–Kier alpha value is -4.31. The van der Waals surface area contributed by atoms with Crippen LogP contribution in [0.15, 0.2) is 82.4 Å². The van der Waals surface area contributed by atoms with Crippen molar-refractivity contribution in [2.75, 3.05) is 49.3 Å². The Morgan fingerprint density at radius 3 is 2.41 bits per heavy atom. The van der Waals surface area contributed by atoms with Gasteiger partial charge in [-0.3, -0.25) is 9.59 Å². The van der Waals surface area contributed by atoms with Crippen molar-refractivity contribution in [2.24, 2.45) is 0 Å². The quantitative estimate of drug-likeness (QED) is 0.318. The fourth-order valence-electron chi connectivity index (χ4n) is 4.43. The van der Waals surface area contributed by atoms with Gasteiger partial charge < -0.3 is 24.3 Å². The van der Waals surface area contributed by atoms with Crippen molar-refractivity contribution < 1.29 is 18.7 Å². The topological polar surface area (TPSA) is 101 Å². The number of nitrogens with one attached hydrogen (secondary N) is 1. The molecule has 1 fully saturated rings. The van der Waals surface area contributed by atoms with E-state index in [0.717, 1.165) is 29.9 Å². The minimum Gasteiger partial charge on any atom is -0.496 e. The van der Waals surface area contributed by atoms with Crippen LogP contribution >= 0.6 is 11.8 Å². The first-order chi connectivity index (χ1) is 19.0. The van der Waals surface area contributed by atoms with Gasteiger partial charge in [0.05, 0.1) is 18.4 Å². The van der Waals surface area contributed by atoms with Gasteiger partial charge >= 0.3 is 0 Å². The highest BCUT2D eigenvalue weighted by atomic mass is 32.2. The van der Waals surface area contributed by atoms with E-state index in [1.54, 1.807) is 7.11 Å². The van der Waals surface area contributed by atoms with E-state index in [2.05, 4.69) is 20.4 Å². The normalized spacial score (nSPS) is 13.3. The number of ether oxygens (including phenoxy) is 1. The summed E-state index contributed by atoms with van der Waals surface area (Å²) in [6, 6.07) is 22.8. The van der Waals surface area contributed by atoms with Crippen LogP contribution < -0.4 is 15.0 Å². The number of carbonyl (C=O) groups excluding carboxylic acids is 2. The molecule has 0 spiro atoms. The fraction of sp³-hybridized carbons (Fsp3) is 0.241. The highest BCUT2D eigenvalue weighted by Gasteiger charge is 2.23. The van der Waals surface area contributed by atoms with Crippen molar-refractivity contribution in [3.8, 4) is 17.2 Å². The van der Waals surface area contributed by atoms with Crippen LogP contribution in [0.1, 0.15) is 15.9 Å². The molecule has 1 aliphatic rings. The SMILES string of the molecule is COc1ccccc1-c1nnc(SCC(=O)Nc2ccc(N3CCN(C(=O)c4ccccc4C)CC3)cc2)o1. The van der Waals surface area contributed by atoms with Gasteiger partial charge in [-0.2, -0.15) is 0 Å². The lowest BCUT2D eigenvalue weighted by Crippen LogP contribution is -2.48. The standard InChI is InChI=1S/C29H29N5O4S/c1-20-7-3-4-8-23(20)28(36)34-17-15-33(16-18-34)22-13-11-21(12-14-22)30-26(35)19-39-29-32-31-27(38-29)24-9-5-6-10-25(24)37-2/h3-14H,15-19H2,1-2H3,(H,30,35). The Bertz CT molecular complexity index is 1450. The Morgan fingerprint density at radius 1 is 0.949 bits per heavy atom. The van der Waals surface area contributed by atoms with E-state index < -0.39 is 0 Å². The van der Waals surface area contributed by atoms with E-state index in [0.29, 0.717) is 41.2 Å². The number of methoxy groups -OCH3 is 1. The molecule has 1 aliphatic heterocycles. The second-order valence-corrected chi connectivity index (χ2v) is 9.98. The molecule has 0 saturated carbocycles. The number of carbonyl (C=O) groups is 2. The molecule has 0 atom stereocenters. The molecule has 39 heavy (non-hydrogen) atoms. The third-order valence-corrected chi connectivity index (χ3v) is 7.35. The van der Waals surface area contributed by atoms with Crippen molar-refractivity contribution in [3.05, 3.63) is 83.9 Å². The van der Waals surface area contributed by atoms with Gasteiger partial charge in [0.25, 0.3) is 17.0 Å². The van der Waals surface area contributed by atoms with Crippen molar-refractivity contribution in [1.29, 1.82) is 0 Å². The minimum absolute atomic E-state index is 0.0835. The molecule has 200 valence electrons. The molecule has 2 heterocycles. The summed E-state index contributed by atoms with van der Waals surface area (Å²) in [5.74, 6) is 1.02. The molecule has 9 nitrogen and oxygen atoms in total. The molecule has 0 radical (unpaired) electrons. The van der Waals surface area contributed by atoms with Crippen LogP contribution in [-0.2, 0) is 4.79 Å². The number of rotatable bonds is 8. The summed E-state index contributed by atoms with van der Waals surface area (Å²) in [6.45, 7) is 4.80. The monoisotopic (exact) mass is 543 g/mol. The summed E-state index contributed by atoms with van der Waals surface area (Å²) in [5.41, 5.74) is 4.22. The molecule has 3 aromatic carbocycles. The van der Waals surface area contributed by atoms with Crippen LogP contribution in [0.5, 0.6) is 5.75 Å². The first kappa shape index (κ1) is 26.3. The highest BCUT2D eigenvalue weighted by molar-refractivity contribution is 7.99. The lowest BCUT2D eigenvalue weighted by molar-refractivity contribution is -0.113. The lowest BCUT2D eigenvalue weighted by Gasteiger charge is -2.36. The number of amides is 2. The number of aromatic nitrogens is 2. The van der Waals surface area contributed by atoms with Gasteiger partial charge in [0, 0.05) is 43.1 Å². The predicted octanol–water partition coefficient (Wildman–Crippen LogP) is 4.75. The summed E-state index contributed by atoms with van der Waals surface area (Å²) in [4.78, 5) is 29.6. The zero-order chi connectivity index (χ0) is 27.2. The number of hydrogen-bond donors (Lipinski definition) is 1. The molecular formula is C29H29N5O4S. The first-order valence-corrected chi connectivity index (χ1v) is 13.6. The largest absolute Gasteiger partial charge is 0.496 e. The van der Waals surface area contributed by atoms with E-state index in [9.17, 15) is 9.59 Å². The number of para-hydroxylation sites is 1. The average Bonchev–Trinajstić information content (AvgIpc) is 3.45. The van der Waals surface area contributed by atoms with E-state index in [1.807, 2.05) is 84.6 Å². The summed E-state index contributed by atoms with van der Waals surface area (Å²) in [6.07, 6.45) is 0. The zero-order valence-electron chi connectivity index (χ0n) is 21.8. The highest BCUT2D eigenvalue weighted by Crippen LogP contribution is 2.30. The Morgan fingerprint density at radius 2 is 1.67 bits per heavy atom. The molecule has 0 unspecified atom stereocenters. The molecule has 10 heteroatoms. The number of anilines is 2. The average molecular weight is 544 g/mol. The zero-order valence-corrected chi connectivity index (χ0v) is 22.6. The maximum absolute atomic E-state index is 12.9. The van der Waals surface area contributed by atoms with Gasteiger partial charge in [0.15, 0.2) is 0 Å². The molecule has 2 amide bonds. The maximum Gasteiger partial charge on any atom is 0.277 e. The Kier molecular flexibility index (Phi) is 8.12. The summed E-state index contributed by atoms with van der Waals surface area (Å²) in [5, 5.41) is 11.3. The molecule has 0 aliphatic carbocycles. The predicted molar refractivity (Wildman–Crippen MR) is 151 cm³/mol. The van der Waals surface area contributed by atoms with Gasteiger partial charge in [0.2, 0.25) is 5.91 Å². The van der Waals surface area contributed by atoms with Crippen molar-refractivity contribution in [3.63, 3.8) is 0 Å². The van der Waals surface area contributed by atoms with Crippen LogP contribution in [0.2, 0.25) is 0 Å². The van der Waals surface area contributed by atoms with Crippen LogP contribution in [0.3, 0.4) is 0 Å². The second-order valence-electron chi connectivity index (χ2n) is 9.05. The fourth-order valence-corrected chi connectivity index (χ4v) is 4.99. The summed E-state index contributed by atoms with van der Waals surface area (Å²) < 4.78 is 11.0. The molecule has 1 saturated heterocycles. The summed E-state index contributed by atoms with van der Waals surface area (Å²) in [7, 11) is 1.58. The van der Waals surface area contributed by atoms with Crippen molar-refractivity contribution >= 4 is 35.0 Å². The number of piperazine rings is 1. The molecule has 1 aromatic heterocycles. The van der Waals surface area contributed by atoms with Crippen LogP contribution in [0.25, 0.3) is 11.5 Å². The molecule has 4 aromatic rings. The van der Waals surface area contributed by atoms with E-state index >= 15 is 0 Å². The van der Waals surface area contributed by atoms with E-state index in [-0.39, 0.29) is 17.6 Å². The third kappa shape index (κ3) is 6.23. The van der Waals surface area contributed by atoms with Gasteiger partial charge in [-0.05, 0) is 55.0 Å². The number of hydrogen-bond acceptors (Lipinski definition) is 8. The maximum atomic E-state index is 12.9. The van der Waals surface area contributed by atoms with Gasteiger partial charge in [-0.25, -0.2) is 0 Å². The molecular weight excluding hydrogens is 514 g/mol. The van der Waals surface area contributed by atoms with Crippen LogP contribution in [0, 0.1) is 6.92 Å². The van der Waals surface area contributed by atoms with E-state index in [4.69, 9.17) is 9.15 Å². The van der Waals surface area contributed by atoms with Crippen molar-refractivity contribution in [1.82, 2.24) is 15.1 Å². The van der Waals surface area contributed by atoms with E-state index in [1.165, 1.54) is 11.8 Å². The Labute approximate surface area is 231 Å². The minimum atomic E-state index is -0.173. The Balaban J connectivity index is 1.10. The number of nitrogens with zero attached hydrogens (tertiary/aromatic N) is 4. The number of benzene rings is 3. The van der Waals surface area contributed by atoms with Gasteiger partial charge in [0.1, 0.15) is 5.75 Å². The number of aryl methyl sites for hydroxylation is 1. The number of thioether (sulfide) groups is 1. The molecule has 5 rings (SSSR count). The lowest BCUT2D eigenvalue weighted by atomic mass is 10.1. The second kappa shape index (κ2) is 12.0. The summed E-state index contributed by atoms with van der Waals surface area (Å²) >= 11 is 1.17.